The molecule has 1 aliphatic rings. The Kier molecular flexibility index (Phi) is 5.53. The smallest absolute Gasteiger partial charge is 0.147 e. The van der Waals surface area contributed by atoms with E-state index in [0.717, 1.165) is 41.3 Å². The zero-order valence-corrected chi connectivity index (χ0v) is 13.8. The van der Waals surface area contributed by atoms with E-state index in [9.17, 15) is 0 Å². The molecule has 1 atom stereocenters. The molecule has 1 N–H and O–H groups in total. The molecule has 4 nitrogen and oxygen atoms in total. The number of ether oxygens (including phenoxy) is 1. The second-order valence-electron chi connectivity index (χ2n) is 5.94. The van der Waals surface area contributed by atoms with Gasteiger partial charge in [0.25, 0.3) is 0 Å². The zero-order chi connectivity index (χ0) is 15.2. The monoisotopic (exact) mass is 317 g/mol. The van der Waals surface area contributed by atoms with Gasteiger partial charge in [-0.1, -0.05) is 41.7 Å². The average molecular weight is 317 g/mol. The van der Waals surface area contributed by atoms with E-state index in [4.69, 9.17) is 4.74 Å². The third-order valence-electron chi connectivity index (χ3n) is 4.12. The maximum Gasteiger partial charge on any atom is 0.147 e. The first-order valence-corrected chi connectivity index (χ1v) is 8.82. The number of hydrogen-bond acceptors (Lipinski definition) is 5. The van der Waals surface area contributed by atoms with Gasteiger partial charge in [-0.05, 0) is 32.1 Å². The van der Waals surface area contributed by atoms with E-state index in [1.165, 1.54) is 19.3 Å². The molecule has 0 amide bonds. The van der Waals surface area contributed by atoms with E-state index in [1.807, 2.05) is 18.2 Å². The lowest BCUT2D eigenvalue weighted by Gasteiger charge is -2.25. The maximum atomic E-state index is 5.42. The van der Waals surface area contributed by atoms with Crippen molar-refractivity contribution in [1.29, 1.82) is 0 Å². The molecule has 0 radical (unpaired) electrons. The molecule has 1 fully saturated rings. The minimum Gasteiger partial charge on any atom is -0.381 e. The molecular weight excluding hydrogens is 294 g/mol. The Balaban J connectivity index is 1.48. The summed E-state index contributed by atoms with van der Waals surface area (Å²) in [5.41, 5.74) is 1.14. The van der Waals surface area contributed by atoms with Gasteiger partial charge < -0.3 is 10.1 Å². The number of aromatic nitrogens is 2. The highest BCUT2D eigenvalue weighted by Gasteiger charge is 2.17. The molecule has 1 unspecified atom stereocenters. The van der Waals surface area contributed by atoms with Gasteiger partial charge in [-0.15, -0.1) is 10.2 Å². The van der Waals surface area contributed by atoms with Crippen LogP contribution in [0, 0.1) is 5.92 Å². The first-order chi connectivity index (χ1) is 10.8. The molecule has 22 heavy (non-hydrogen) atoms. The van der Waals surface area contributed by atoms with Crippen molar-refractivity contribution in [3.8, 4) is 10.6 Å². The van der Waals surface area contributed by atoms with Gasteiger partial charge >= 0.3 is 0 Å². The van der Waals surface area contributed by atoms with E-state index in [-0.39, 0.29) is 0 Å². The standard InChI is InChI=1S/C17H23N3OS/c1-13(11-14-7-9-21-10-8-14)18-12-16-19-20-17(22-16)15-5-3-2-4-6-15/h2-6,13-14,18H,7-12H2,1H3. The summed E-state index contributed by atoms with van der Waals surface area (Å²) in [4.78, 5) is 0. The van der Waals surface area contributed by atoms with Crippen LogP contribution < -0.4 is 5.32 Å². The van der Waals surface area contributed by atoms with E-state index in [2.05, 4.69) is 34.6 Å². The molecule has 0 spiro atoms. The Morgan fingerprint density at radius 1 is 1.23 bits per heavy atom. The van der Waals surface area contributed by atoms with Crippen molar-refractivity contribution < 1.29 is 4.74 Å². The number of benzene rings is 1. The van der Waals surface area contributed by atoms with Crippen molar-refractivity contribution >= 4 is 11.3 Å². The fourth-order valence-electron chi connectivity index (χ4n) is 2.85. The summed E-state index contributed by atoms with van der Waals surface area (Å²) in [5.74, 6) is 0.797. The van der Waals surface area contributed by atoms with Gasteiger partial charge in [0.05, 0.1) is 0 Å². The van der Waals surface area contributed by atoms with Crippen LogP contribution in [0.2, 0.25) is 0 Å². The average Bonchev–Trinajstić information content (AvgIpc) is 3.04. The minimum atomic E-state index is 0.507. The van der Waals surface area contributed by atoms with Crippen molar-refractivity contribution in [2.24, 2.45) is 5.92 Å². The van der Waals surface area contributed by atoms with Gasteiger partial charge in [0, 0.05) is 31.4 Å². The van der Waals surface area contributed by atoms with Crippen LogP contribution in [0.5, 0.6) is 0 Å². The Labute approximate surface area is 135 Å². The highest BCUT2D eigenvalue weighted by Crippen LogP contribution is 2.23. The summed E-state index contributed by atoms with van der Waals surface area (Å²) in [6.07, 6.45) is 3.61. The Morgan fingerprint density at radius 3 is 2.77 bits per heavy atom. The molecule has 1 aromatic carbocycles. The summed E-state index contributed by atoms with van der Waals surface area (Å²) in [7, 11) is 0. The third-order valence-corrected chi connectivity index (χ3v) is 5.09. The Bertz CT molecular complexity index is 566. The number of rotatable bonds is 6. The third kappa shape index (κ3) is 4.35. The maximum absolute atomic E-state index is 5.42. The molecular formula is C17H23N3OS. The molecule has 1 aliphatic heterocycles. The van der Waals surface area contributed by atoms with Gasteiger partial charge in [0.15, 0.2) is 0 Å². The summed E-state index contributed by atoms with van der Waals surface area (Å²) in [5, 5.41) is 14.2. The van der Waals surface area contributed by atoms with Crippen LogP contribution in [0.1, 0.15) is 31.2 Å². The van der Waals surface area contributed by atoms with Gasteiger partial charge in [-0.25, -0.2) is 0 Å². The molecule has 2 aromatic rings. The first kappa shape index (κ1) is 15.6. The van der Waals surface area contributed by atoms with Gasteiger partial charge in [-0.3, -0.25) is 0 Å². The van der Waals surface area contributed by atoms with E-state index >= 15 is 0 Å². The van der Waals surface area contributed by atoms with Crippen LogP contribution in [0.25, 0.3) is 10.6 Å². The van der Waals surface area contributed by atoms with Crippen molar-refractivity contribution in [3.05, 3.63) is 35.3 Å². The Morgan fingerprint density at radius 2 is 2.00 bits per heavy atom. The molecule has 1 saturated heterocycles. The number of nitrogens with zero attached hydrogens (tertiary/aromatic N) is 2. The van der Waals surface area contributed by atoms with Gasteiger partial charge in [-0.2, -0.15) is 0 Å². The Hall–Kier alpha value is -1.30. The molecule has 3 rings (SSSR count). The van der Waals surface area contributed by atoms with Crippen molar-refractivity contribution in [3.63, 3.8) is 0 Å². The summed E-state index contributed by atoms with van der Waals surface area (Å²) < 4.78 is 5.42. The number of hydrogen-bond donors (Lipinski definition) is 1. The van der Waals surface area contributed by atoms with Crippen LogP contribution in [-0.2, 0) is 11.3 Å². The van der Waals surface area contributed by atoms with Crippen LogP contribution in [-0.4, -0.2) is 29.5 Å². The van der Waals surface area contributed by atoms with Crippen molar-refractivity contribution in [2.45, 2.75) is 38.8 Å². The molecule has 2 heterocycles. The van der Waals surface area contributed by atoms with Crippen LogP contribution in [0.3, 0.4) is 0 Å². The minimum absolute atomic E-state index is 0.507. The molecule has 5 heteroatoms. The lowest BCUT2D eigenvalue weighted by atomic mass is 9.93. The fourth-order valence-corrected chi connectivity index (χ4v) is 3.65. The van der Waals surface area contributed by atoms with E-state index in [1.54, 1.807) is 11.3 Å². The van der Waals surface area contributed by atoms with Crippen LogP contribution >= 0.6 is 11.3 Å². The highest BCUT2D eigenvalue weighted by atomic mass is 32.1. The summed E-state index contributed by atoms with van der Waals surface area (Å²) >= 11 is 1.67. The molecule has 0 saturated carbocycles. The zero-order valence-electron chi connectivity index (χ0n) is 13.0. The SMILES string of the molecule is CC(CC1CCOCC1)NCc1nnc(-c2ccccc2)s1. The first-order valence-electron chi connectivity index (χ1n) is 8.00. The quantitative estimate of drug-likeness (QED) is 0.886. The van der Waals surface area contributed by atoms with Gasteiger partial charge in [0.2, 0.25) is 0 Å². The van der Waals surface area contributed by atoms with Crippen LogP contribution in [0.15, 0.2) is 30.3 Å². The fraction of sp³-hybridized carbons (Fsp3) is 0.529. The highest BCUT2D eigenvalue weighted by molar-refractivity contribution is 7.14. The second kappa shape index (κ2) is 7.81. The normalized spacial score (nSPS) is 17.5. The predicted molar refractivity (Wildman–Crippen MR) is 89.8 cm³/mol. The van der Waals surface area contributed by atoms with E-state index in [0.29, 0.717) is 6.04 Å². The largest absolute Gasteiger partial charge is 0.381 e. The molecule has 118 valence electrons. The molecule has 1 aromatic heterocycles. The van der Waals surface area contributed by atoms with Crippen molar-refractivity contribution in [1.82, 2.24) is 15.5 Å². The summed E-state index contributed by atoms with van der Waals surface area (Å²) in [6, 6.07) is 10.7. The second-order valence-corrected chi connectivity index (χ2v) is 7.00. The number of nitrogens with one attached hydrogen (secondary N) is 1. The molecule has 0 bridgehead atoms. The topological polar surface area (TPSA) is 47.0 Å². The van der Waals surface area contributed by atoms with E-state index < -0.39 is 0 Å². The van der Waals surface area contributed by atoms with Crippen LogP contribution in [0.4, 0.5) is 0 Å². The lowest BCUT2D eigenvalue weighted by Crippen LogP contribution is -2.29. The predicted octanol–water partition coefficient (Wildman–Crippen LogP) is 3.50. The molecule has 0 aliphatic carbocycles. The summed E-state index contributed by atoms with van der Waals surface area (Å²) in [6.45, 7) is 4.91. The van der Waals surface area contributed by atoms with Crippen molar-refractivity contribution in [2.75, 3.05) is 13.2 Å². The van der Waals surface area contributed by atoms with Gasteiger partial charge in [0.1, 0.15) is 10.0 Å². The lowest BCUT2D eigenvalue weighted by molar-refractivity contribution is 0.0611.